The number of aromatic amines is 1. The van der Waals surface area contributed by atoms with Gasteiger partial charge in [0.1, 0.15) is 5.69 Å². The van der Waals surface area contributed by atoms with Crippen LogP contribution in [0.3, 0.4) is 0 Å². The van der Waals surface area contributed by atoms with Crippen molar-refractivity contribution in [2.75, 3.05) is 26.2 Å². The maximum atomic E-state index is 12.2. The van der Waals surface area contributed by atoms with Gasteiger partial charge >= 0.3 is 0 Å². The predicted octanol–water partition coefficient (Wildman–Crippen LogP) is 0.0397. The van der Waals surface area contributed by atoms with Crippen LogP contribution in [0.4, 0.5) is 0 Å². The minimum Gasteiger partial charge on any atom is -0.387 e. The SMILES string of the molecule is O=C(c1cc2c([nH]1)C(O)CC2)N1CCNCC1. The maximum absolute atomic E-state index is 12.2. The van der Waals surface area contributed by atoms with E-state index in [4.69, 9.17) is 0 Å². The van der Waals surface area contributed by atoms with Crippen molar-refractivity contribution in [3.05, 3.63) is 23.0 Å². The monoisotopic (exact) mass is 235 g/mol. The number of hydrogen-bond donors (Lipinski definition) is 3. The molecular weight excluding hydrogens is 218 g/mol. The molecule has 1 unspecified atom stereocenters. The van der Waals surface area contributed by atoms with Crippen molar-refractivity contribution in [3.63, 3.8) is 0 Å². The zero-order chi connectivity index (χ0) is 11.8. The molecule has 1 amide bonds. The Morgan fingerprint density at radius 2 is 2.18 bits per heavy atom. The van der Waals surface area contributed by atoms with Crippen LogP contribution in [0.5, 0.6) is 0 Å². The largest absolute Gasteiger partial charge is 0.387 e. The Morgan fingerprint density at radius 1 is 1.41 bits per heavy atom. The molecule has 0 bridgehead atoms. The number of piperazine rings is 1. The van der Waals surface area contributed by atoms with E-state index in [0.717, 1.165) is 50.3 Å². The van der Waals surface area contributed by atoms with Crippen LogP contribution < -0.4 is 5.32 Å². The van der Waals surface area contributed by atoms with Gasteiger partial charge in [-0.05, 0) is 24.5 Å². The van der Waals surface area contributed by atoms with E-state index < -0.39 is 6.10 Å². The minimum absolute atomic E-state index is 0.0492. The lowest BCUT2D eigenvalue weighted by atomic mass is 10.2. The van der Waals surface area contributed by atoms with Crippen LogP contribution >= 0.6 is 0 Å². The third-order valence-electron chi connectivity index (χ3n) is 3.59. The fourth-order valence-electron chi connectivity index (χ4n) is 2.61. The highest BCUT2D eigenvalue weighted by molar-refractivity contribution is 5.93. The molecule has 17 heavy (non-hydrogen) atoms. The van der Waals surface area contributed by atoms with Crippen molar-refractivity contribution < 1.29 is 9.90 Å². The van der Waals surface area contributed by atoms with Gasteiger partial charge in [0, 0.05) is 31.9 Å². The standard InChI is InChI=1S/C12H17N3O2/c16-10-2-1-8-7-9(14-11(8)10)12(17)15-5-3-13-4-6-15/h7,10,13-14,16H,1-6H2. The smallest absolute Gasteiger partial charge is 0.270 e. The summed E-state index contributed by atoms with van der Waals surface area (Å²) in [6.07, 6.45) is 1.21. The number of amides is 1. The van der Waals surface area contributed by atoms with Gasteiger partial charge in [0.2, 0.25) is 0 Å². The lowest BCUT2D eigenvalue weighted by molar-refractivity contribution is 0.0729. The van der Waals surface area contributed by atoms with Crippen LogP contribution in [0.15, 0.2) is 6.07 Å². The number of nitrogens with one attached hydrogen (secondary N) is 2. The van der Waals surface area contributed by atoms with Gasteiger partial charge in [0.05, 0.1) is 6.10 Å². The molecule has 0 aromatic carbocycles. The second kappa shape index (κ2) is 4.16. The lowest BCUT2D eigenvalue weighted by Crippen LogP contribution is -2.46. The first-order chi connectivity index (χ1) is 8.25. The maximum Gasteiger partial charge on any atom is 0.270 e. The number of carbonyl (C=O) groups is 1. The number of aliphatic hydroxyl groups is 1. The second-order valence-corrected chi connectivity index (χ2v) is 4.72. The first-order valence-electron chi connectivity index (χ1n) is 6.15. The summed E-state index contributed by atoms with van der Waals surface area (Å²) in [7, 11) is 0. The zero-order valence-corrected chi connectivity index (χ0v) is 9.70. The molecule has 0 radical (unpaired) electrons. The van der Waals surface area contributed by atoms with E-state index in [1.54, 1.807) is 0 Å². The van der Waals surface area contributed by atoms with Gasteiger partial charge in [0.25, 0.3) is 5.91 Å². The second-order valence-electron chi connectivity index (χ2n) is 4.72. The number of nitrogens with zero attached hydrogens (tertiary/aromatic N) is 1. The summed E-state index contributed by atoms with van der Waals surface area (Å²) < 4.78 is 0. The molecule has 1 atom stereocenters. The molecule has 1 saturated heterocycles. The Labute approximate surface area is 99.8 Å². The number of hydrogen-bond acceptors (Lipinski definition) is 3. The van der Waals surface area contributed by atoms with E-state index in [0.29, 0.717) is 5.69 Å². The number of aryl methyl sites for hydroxylation is 1. The van der Waals surface area contributed by atoms with Crippen molar-refractivity contribution in [2.24, 2.45) is 0 Å². The molecule has 1 aromatic rings. The van der Waals surface area contributed by atoms with E-state index in [-0.39, 0.29) is 5.91 Å². The van der Waals surface area contributed by atoms with Gasteiger partial charge in [-0.1, -0.05) is 0 Å². The fraction of sp³-hybridized carbons (Fsp3) is 0.583. The average molecular weight is 235 g/mol. The number of carbonyl (C=O) groups excluding carboxylic acids is 1. The Morgan fingerprint density at radius 3 is 2.88 bits per heavy atom. The molecule has 1 fully saturated rings. The highest BCUT2D eigenvalue weighted by Crippen LogP contribution is 2.31. The van der Waals surface area contributed by atoms with Crippen LogP contribution in [-0.2, 0) is 6.42 Å². The van der Waals surface area contributed by atoms with Crippen molar-refractivity contribution in [1.82, 2.24) is 15.2 Å². The summed E-state index contributed by atoms with van der Waals surface area (Å²) in [5, 5.41) is 12.9. The Balaban J connectivity index is 1.80. The van der Waals surface area contributed by atoms with Gasteiger partial charge in [0.15, 0.2) is 0 Å². The summed E-state index contributed by atoms with van der Waals surface area (Å²) in [6.45, 7) is 3.22. The number of rotatable bonds is 1. The van der Waals surface area contributed by atoms with Gasteiger partial charge in [-0.3, -0.25) is 4.79 Å². The average Bonchev–Trinajstić information content (AvgIpc) is 2.92. The number of aromatic nitrogens is 1. The normalized spacial score (nSPS) is 23.8. The van der Waals surface area contributed by atoms with Crippen LogP contribution in [0.25, 0.3) is 0 Å². The van der Waals surface area contributed by atoms with Crippen LogP contribution in [0.1, 0.15) is 34.3 Å². The molecule has 3 rings (SSSR count). The minimum atomic E-state index is -0.422. The summed E-state index contributed by atoms with van der Waals surface area (Å²) in [4.78, 5) is 17.1. The highest BCUT2D eigenvalue weighted by Gasteiger charge is 2.26. The van der Waals surface area contributed by atoms with Crippen molar-refractivity contribution >= 4 is 5.91 Å². The molecule has 1 aliphatic heterocycles. The number of aliphatic hydroxyl groups excluding tert-OH is 1. The molecule has 2 heterocycles. The Bertz CT molecular complexity index is 435. The molecule has 1 aliphatic carbocycles. The van der Waals surface area contributed by atoms with Crippen molar-refractivity contribution in [3.8, 4) is 0 Å². The molecule has 92 valence electrons. The fourth-order valence-corrected chi connectivity index (χ4v) is 2.61. The molecule has 5 nitrogen and oxygen atoms in total. The third kappa shape index (κ3) is 1.85. The lowest BCUT2D eigenvalue weighted by Gasteiger charge is -2.27. The molecule has 2 aliphatic rings. The van der Waals surface area contributed by atoms with Crippen molar-refractivity contribution in [1.29, 1.82) is 0 Å². The molecular formula is C12H17N3O2. The number of H-pyrrole nitrogens is 1. The summed E-state index contributed by atoms with van der Waals surface area (Å²) in [5.74, 6) is 0.0492. The zero-order valence-electron chi connectivity index (χ0n) is 9.70. The molecule has 0 saturated carbocycles. The number of fused-ring (bicyclic) bond motifs is 1. The van der Waals surface area contributed by atoms with E-state index in [9.17, 15) is 9.90 Å². The van der Waals surface area contributed by atoms with Crippen molar-refractivity contribution in [2.45, 2.75) is 18.9 Å². The molecule has 5 heteroatoms. The van der Waals surface area contributed by atoms with Gasteiger partial charge < -0.3 is 20.3 Å². The first-order valence-corrected chi connectivity index (χ1v) is 6.15. The Hall–Kier alpha value is -1.33. The predicted molar refractivity (Wildman–Crippen MR) is 62.8 cm³/mol. The van der Waals surface area contributed by atoms with Gasteiger partial charge in [-0.25, -0.2) is 0 Å². The van der Waals surface area contributed by atoms with Gasteiger partial charge in [-0.2, -0.15) is 0 Å². The van der Waals surface area contributed by atoms with Gasteiger partial charge in [-0.15, -0.1) is 0 Å². The topological polar surface area (TPSA) is 68.4 Å². The van der Waals surface area contributed by atoms with E-state index in [2.05, 4.69) is 10.3 Å². The summed E-state index contributed by atoms with van der Waals surface area (Å²) >= 11 is 0. The molecule has 3 N–H and O–H groups in total. The Kier molecular flexibility index (Phi) is 2.64. The van der Waals surface area contributed by atoms with Crippen LogP contribution in [0.2, 0.25) is 0 Å². The molecule has 0 spiro atoms. The van der Waals surface area contributed by atoms with E-state index >= 15 is 0 Å². The molecule has 1 aromatic heterocycles. The van der Waals surface area contributed by atoms with Crippen LogP contribution in [-0.4, -0.2) is 47.1 Å². The van der Waals surface area contributed by atoms with Crippen LogP contribution in [0, 0.1) is 0 Å². The summed E-state index contributed by atoms with van der Waals surface area (Å²) in [5.41, 5.74) is 2.55. The summed E-state index contributed by atoms with van der Waals surface area (Å²) in [6, 6.07) is 1.90. The highest BCUT2D eigenvalue weighted by atomic mass is 16.3. The van der Waals surface area contributed by atoms with E-state index in [1.807, 2.05) is 11.0 Å². The van der Waals surface area contributed by atoms with E-state index in [1.165, 1.54) is 0 Å². The quantitative estimate of drug-likeness (QED) is 0.644. The first kappa shape index (κ1) is 10.8. The third-order valence-corrected chi connectivity index (χ3v) is 3.59.